The smallest absolute Gasteiger partial charge is 0.160 e. The fraction of sp³-hybridized carbons (Fsp3) is 0.133. The number of thiocarbonyl (C=S) groups is 1. The van der Waals surface area contributed by atoms with Gasteiger partial charge in [-0.05, 0) is 13.0 Å². The first-order valence-corrected chi connectivity index (χ1v) is 7.20. The largest absolute Gasteiger partial charge is 0.392 e. The van der Waals surface area contributed by atoms with Crippen molar-refractivity contribution in [3.8, 4) is 11.4 Å². The lowest BCUT2D eigenvalue weighted by atomic mass is 10.1. The number of fused-ring (bicyclic) bond motifs is 1. The molecule has 0 amide bonds. The summed E-state index contributed by atoms with van der Waals surface area (Å²) in [7, 11) is 0. The van der Waals surface area contributed by atoms with E-state index in [0.29, 0.717) is 16.6 Å². The van der Waals surface area contributed by atoms with Gasteiger partial charge >= 0.3 is 0 Å². The van der Waals surface area contributed by atoms with E-state index in [1.165, 1.54) is 5.56 Å². The number of hydrogen-bond donors (Lipinski definition) is 1. The number of pyridine rings is 1. The number of imidazole rings is 1. The minimum absolute atomic E-state index is 0.388. The molecule has 0 spiro atoms. The Labute approximate surface area is 132 Å². The third-order valence-corrected chi connectivity index (χ3v) is 3.51. The molecule has 0 saturated heterocycles. The topological polar surface area (TPSA) is 56.7 Å². The zero-order chi connectivity index (χ0) is 15.0. The van der Waals surface area contributed by atoms with Crippen molar-refractivity contribution in [1.29, 1.82) is 0 Å². The molecule has 0 aliphatic heterocycles. The SMILES string of the molecule is Cc1ccc(-c2nc3cc(Cl)cnc3n2CC(N)=S)cc1. The van der Waals surface area contributed by atoms with Gasteiger partial charge in [0.15, 0.2) is 5.65 Å². The molecule has 6 heteroatoms. The highest BCUT2D eigenvalue weighted by Crippen LogP contribution is 2.25. The predicted octanol–water partition coefficient (Wildman–Crippen LogP) is 3.35. The highest BCUT2D eigenvalue weighted by molar-refractivity contribution is 7.80. The molecule has 2 N–H and O–H groups in total. The highest BCUT2D eigenvalue weighted by atomic mass is 35.5. The van der Waals surface area contributed by atoms with E-state index in [0.717, 1.165) is 22.6 Å². The van der Waals surface area contributed by atoms with Crippen LogP contribution in [0.5, 0.6) is 0 Å². The van der Waals surface area contributed by atoms with Gasteiger partial charge in [-0.1, -0.05) is 53.6 Å². The van der Waals surface area contributed by atoms with Crippen LogP contribution in [-0.2, 0) is 6.54 Å². The van der Waals surface area contributed by atoms with E-state index in [9.17, 15) is 0 Å². The summed E-state index contributed by atoms with van der Waals surface area (Å²) < 4.78 is 1.92. The van der Waals surface area contributed by atoms with Gasteiger partial charge in [0.05, 0.1) is 16.6 Å². The lowest BCUT2D eigenvalue weighted by Gasteiger charge is -2.07. The average molecular weight is 317 g/mol. The van der Waals surface area contributed by atoms with Crippen LogP contribution in [0.25, 0.3) is 22.6 Å². The lowest BCUT2D eigenvalue weighted by Crippen LogP contribution is -2.17. The molecule has 3 rings (SSSR count). The van der Waals surface area contributed by atoms with Crippen molar-refractivity contribution in [2.45, 2.75) is 13.5 Å². The van der Waals surface area contributed by atoms with E-state index in [2.05, 4.69) is 9.97 Å². The molecule has 0 aliphatic rings. The van der Waals surface area contributed by atoms with Crippen molar-refractivity contribution in [2.75, 3.05) is 0 Å². The molecule has 2 aromatic heterocycles. The Balaban J connectivity index is 2.24. The average Bonchev–Trinajstić information content (AvgIpc) is 2.77. The van der Waals surface area contributed by atoms with Crippen molar-refractivity contribution >= 4 is 40.0 Å². The molecule has 0 radical (unpaired) electrons. The predicted molar refractivity (Wildman–Crippen MR) is 89.5 cm³/mol. The molecule has 106 valence electrons. The van der Waals surface area contributed by atoms with Crippen molar-refractivity contribution in [3.63, 3.8) is 0 Å². The van der Waals surface area contributed by atoms with Gasteiger partial charge in [0.2, 0.25) is 0 Å². The summed E-state index contributed by atoms with van der Waals surface area (Å²) in [6, 6.07) is 9.92. The van der Waals surface area contributed by atoms with Crippen LogP contribution in [0.15, 0.2) is 36.5 Å². The van der Waals surface area contributed by atoms with Crippen LogP contribution < -0.4 is 5.73 Å². The van der Waals surface area contributed by atoms with Crippen LogP contribution in [-0.4, -0.2) is 19.5 Å². The van der Waals surface area contributed by atoms with Crippen LogP contribution in [0, 0.1) is 6.92 Å². The Hall–Kier alpha value is -1.98. The Kier molecular flexibility index (Phi) is 3.61. The van der Waals surface area contributed by atoms with Crippen molar-refractivity contribution < 1.29 is 0 Å². The number of halogens is 1. The molecular weight excluding hydrogens is 304 g/mol. The minimum Gasteiger partial charge on any atom is -0.392 e. The van der Waals surface area contributed by atoms with Crippen LogP contribution >= 0.6 is 23.8 Å². The Morgan fingerprint density at radius 1 is 1.33 bits per heavy atom. The van der Waals surface area contributed by atoms with E-state index in [4.69, 9.17) is 29.6 Å². The van der Waals surface area contributed by atoms with E-state index in [-0.39, 0.29) is 0 Å². The molecule has 0 unspecified atom stereocenters. The van der Waals surface area contributed by atoms with Crippen molar-refractivity contribution in [1.82, 2.24) is 14.5 Å². The number of nitrogens with two attached hydrogens (primary N) is 1. The van der Waals surface area contributed by atoms with Crippen molar-refractivity contribution in [3.05, 3.63) is 47.1 Å². The maximum Gasteiger partial charge on any atom is 0.160 e. The number of rotatable bonds is 3. The van der Waals surface area contributed by atoms with Crippen LogP contribution in [0.1, 0.15) is 5.56 Å². The van der Waals surface area contributed by atoms with Gasteiger partial charge in [-0.25, -0.2) is 9.97 Å². The molecule has 0 atom stereocenters. The van der Waals surface area contributed by atoms with Gasteiger partial charge in [-0.15, -0.1) is 0 Å². The van der Waals surface area contributed by atoms with E-state index < -0.39 is 0 Å². The van der Waals surface area contributed by atoms with Gasteiger partial charge in [0.25, 0.3) is 0 Å². The number of hydrogen-bond acceptors (Lipinski definition) is 3. The van der Waals surface area contributed by atoms with Crippen molar-refractivity contribution in [2.24, 2.45) is 5.73 Å². The summed E-state index contributed by atoms with van der Waals surface area (Å²) >= 11 is 11.0. The molecule has 0 aliphatic carbocycles. The van der Waals surface area contributed by atoms with Gasteiger partial charge in [-0.2, -0.15) is 0 Å². The van der Waals surface area contributed by atoms with Gasteiger partial charge in [0.1, 0.15) is 11.3 Å². The summed E-state index contributed by atoms with van der Waals surface area (Å²) in [6.45, 7) is 2.44. The fourth-order valence-corrected chi connectivity index (χ4v) is 2.50. The van der Waals surface area contributed by atoms with Crippen LogP contribution in [0.4, 0.5) is 0 Å². The summed E-state index contributed by atoms with van der Waals surface area (Å²) in [4.78, 5) is 9.37. The maximum atomic E-state index is 5.99. The first-order chi connectivity index (χ1) is 10.0. The Bertz CT molecular complexity index is 824. The number of aryl methyl sites for hydroxylation is 1. The summed E-state index contributed by atoms with van der Waals surface area (Å²) in [5, 5.41) is 0.554. The molecule has 0 fully saturated rings. The maximum absolute atomic E-state index is 5.99. The van der Waals surface area contributed by atoms with E-state index in [1.54, 1.807) is 12.3 Å². The summed E-state index contributed by atoms with van der Waals surface area (Å²) in [6.07, 6.45) is 1.60. The van der Waals surface area contributed by atoms with Gasteiger partial charge in [0, 0.05) is 11.8 Å². The highest BCUT2D eigenvalue weighted by Gasteiger charge is 2.14. The third kappa shape index (κ3) is 2.75. The second kappa shape index (κ2) is 5.42. The first-order valence-electron chi connectivity index (χ1n) is 6.42. The van der Waals surface area contributed by atoms with E-state index >= 15 is 0 Å². The lowest BCUT2D eigenvalue weighted by molar-refractivity contribution is 0.882. The minimum atomic E-state index is 0.388. The number of benzene rings is 1. The molecule has 2 heterocycles. The fourth-order valence-electron chi connectivity index (χ4n) is 2.21. The van der Waals surface area contributed by atoms with Gasteiger partial charge in [-0.3, -0.25) is 0 Å². The second-order valence-electron chi connectivity index (χ2n) is 4.85. The third-order valence-electron chi connectivity index (χ3n) is 3.18. The molecule has 4 nitrogen and oxygen atoms in total. The molecule has 0 saturated carbocycles. The van der Waals surface area contributed by atoms with Crippen LogP contribution in [0.3, 0.4) is 0 Å². The molecule has 1 aromatic carbocycles. The number of aromatic nitrogens is 3. The Morgan fingerprint density at radius 3 is 2.71 bits per heavy atom. The zero-order valence-electron chi connectivity index (χ0n) is 11.4. The first kappa shape index (κ1) is 14.0. The standard InChI is InChI=1S/C15H13ClN4S/c1-9-2-4-10(5-3-9)14-19-12-6-11(16)7-18-15(12)20(14)8-13(17)21/h2-7H,8H2,1H3,(H2,17,21). The molecule has 0 bridgehead atoms. The molecule has 21 heavy (non-hydrogen) atoms. The summed E-state index contributed by atoms with van der Waals surface area (Å²) in [5.74, 6) is 0.785. The molecular formula is C15H13ClN4S. The molecule has 3 aromatic rings. The van der Waals surface area contributed by atoms with Crippen LogP contribution in [0.2, 0.25) is 5.02 Å². The van der Waals surface area contributed by atoms with E-state index in [1.807, 2.05) is 35.8 Å². The van der Waals surface area contributed by atoms with Gasteiger partial charge < -0.3 is 10.3 Å². The second-order valence-corrected chi connectivity index (χ2v) is 5.81. The number of nitrogens with zero attached hydrogens (tertiary/aromatic N) is 3. The Morgan fingerprint density at radius 2 is 2.05 bits per heavy atom. The summed E-state index contributed by atoms with van der Waals surface area (Å²) in [5.41, 5.74) is 9.34. The monoisotopic (exact) mass is 316 g/mol. The zero-order valence-corrected chi connectivity index (χ0v) is 12.9. The quantitative estimate of drug-likeness (QED) is 0.753. The normalized spacial score (nSPS) is 11.0.